The van der Waals surface area contributed by atoms with Gasteiger partial charge < -0.3 is 9.64 Å². The van der Waals surface area contributed by atoms with E-state index in [9.17, 15) is 14.4 Å². The van der Waals surface area contributed by atoms with Crippen molar-refractivity contribution in [1.82, 2.24) is 4.90 Å². The molecule has 0 saturated carbocycles. The number of hydrogen-bond donors (Lipinski definition) is 0. The number of esters is 1. The number of benzene rings is 1. The summed E-state index contributed by atoms with van der Waals surface area (Å²) in [6, 6.07) is 8.44. The van der Waals surface area contributed by atoms with Crippen LogP contribution in [0.5, 0.6) is 0 Å². The molecule has 0 aliphatic rings. The highest BCUT2D eigenvalue weighted by atomic mass is 16.5. The highest BCUT2D eigenvalue weighted by Crippen LogP contribution is 2.05. The molecule has 0 unspecified atom stereocenters. The summed E-state index contributed by atoms with van der Waals surface area (Å²) in [5.74, 6) is -1.85. The number of nitrogens with zero attached hydrogens (tertiary/aromatic N) is 1. The summed E-state index contributed by atoms with van der Waals surface area (Å²) >= 11 is 0. The van der Waals surface area contributed by atoms with Gasteiger partial charge in [-0.25, -0.2) is 4.79 Å². The van der Waals surface area contributed by atoms with E-state index in [1.807, 2.05) is 30.3 Å². The number of rotatable bonds is 5. The molecule has 0 aromatic heterocycles. The molecule has 5 nitrogen and oxygen atoms in total. The van der Waals surface area contributed by atoms with Crippen LogP contribution in [-0.4, -0.2) is 35.6 Å². The van der Waals surface area contributed by atoms with E-state index in [2.05, 4.69) is 0 Å². The van der Waals surface area contributed by atoms with Gasteiger partial charge >= 0.3 is 5.97 Å². The Morgan fingerprint density at radius 1 is 1.21 bits per heavy atom. The molecule has 1 aromatic rings. The van der Waals surface area contributed by atoms with Gasteiger partial charge in [0.2, 0.25) is 5.78 Å². The number of ether oxygens (including phenoxy) is 1. The fraction of sp³-hybridized carbons (Fsp3) is 0.357. The van der Waals surface area contributed by atoms with Crippen LogP contribution in [0, 0.1) is 0 Å². The minimum atomic E-state index is -0.792. The van der Waals surface area contributed by atoms with Gasteiger partial charge in [0.15, 0.2) is 0 Å². The summed E-state index contributed by atoms with van der Waals surface area (Å²) in [6.45, 7) is 2.83. The van der Waals surface area contributed by atoms with Crippen molar-refractivity contribution in [3.8, 4) is 0 Å². The second-order valence-electron chi connectivity index (χ2n) is 4.24. The van der Waals surface area contributed by atoms with Gasteiger partial charge in [-0.05, 0) is 12.5 Å². The van der Waals surface area contributed by atoms with Crippen LogP contribution >= 0.6 is 0 Å². The number of ketones is 1. The van der Waals surface area contributed by atoms with Crippen LogP contribution in [0.25, 0.3) is 0 Å². The number of carbonyl (C=O) groups excluding carboxylic acids is 3. The molecule has 0 bridgehead atoms. The first-order valence-electron chi connectivity index (χ1n) is 5.91. The first-order valence-corrected chi connectivity index (χ1v) is 5.91. The van der Waals surface area contributed by atoms with Gasteiger partial charge in [-0.2, -0.15) is 0 Å². The van der Waals surface area contributed by atoms with Gasteiger partial charge in [0.25, 0.3) is 5.91 Å². The fourth-order valence-electron chi connectivity index (χ4n) is 1.43. The van der Waals surface area contributed by atoms with E-state index in [0.29, 0.717) is 0 Å². The van der Waals surface area contributed by atoms with E-state index < -0.39 is 23.7 Å². The summed E-state index contributed by atoms with van der Waals surface area (Å²) < 4.78 is 5.10. The minimum absolute atomic E-state index is 0.145. The molecule has 102 valence electrons. The molecule has 1 aromatic carbocycles. The second-order valence-corrected chi connectivity index (χ2v) is 4.24. The van der Waals surface area contributed by atoms with Gasteiger partial charge in [-0.1, -0.05) is 30.3 Å². The first kappa shape index (κ1) is 14.9. The Labute approximate surface area is 112 Å². The topological polar surface area (TPSA) is 63.7 Å². The molecule has 0 saturated heterocycles. The molecule has 1 atom stereocenters. The van der Waals surface area contributed by atoms with Gasteiger partial charge in [0, 0.05) is 14.0 Å². The number of likely N-dealkylation sites (N-methyl/N-ethyl adjacent to an activating group) is 1. The Bertz CT molecular complexity index is 470. The minimum Gasteiger partial charge on any atom is -0.459 e. The standard InChI is InChI=1S/C14H17NO4/c1-10(15(3)13(17)11(2)16)14(18)19-9-12-7-5-4-6-8-12/h4-8,10H,9H2,1-3H3/t10-/m0/s1. The van der Waals surface area contributed by atoms with E-state index >= 15 is 0 Å². The zero-order chi connectivity index (χ0) is 14.4. The van der Waals surface area contributed by atoms with E-state index in [1.165, 1.54) is 20.9 Å². The third kappa shape index (κ3) is 4.21. The lowest BCUT2D eigenvalue weighted by atomic mass is 10.2. The average molecular weight is 263 g/mol. The molecule has 0 N–H and O–H groups in total. The number of hydrogen-bond acceptors (Lipinski definition) is 4. The van der Waals surface area contributed by atoms with E-state index in [0.717, 1.165) is 10.5 Å². The molecule has 0 fully saturated rings. The Morgan fingerprint density at radius 3 is 2.32 bits per heavy atom. The normalized spacial score (nSPS) is 11.5. The van der Waals surface area contributed by atoms with E-state index in [-0.39, 0.29) is 6.61 Å². The SMILES string of the molecule is CC(=O)C(=O)N(C)[C@@H](C)C(=O)OCc1ccccc1. The van der Waals surface area contributed by atoms with Crippen molar-refractivity contribution in [2.75, 3.05) is 7.05 Å². The van der Waals surface area contributed by atoms with Crippen LogP contribution in [0.3, 0.4) is 0 Å². The summed E-state index contributed by atoms with van der Waals surface area (Å²) in [6.07, 6.45) is 0. The maximum Gasteiger partial charge on any atom is 0.328 e. The van der Waals surface area contributed by atoms with Crippen LogP contribution in [0.4, 0.5) is 0 Å². The molecule has 1 rings (SSSR count). The van der Waals surface area contributed by atoms with E-state index in [4.69, 9.17) is 4.74 Å². The lowest BCUT2D eigenvalue weighted by Crippen LogP contribution is -2.43. The second kappa shape index (κ2) is 6.68. The summed E-state index contributed by atoms with van der Waals surface area (Å²) in [5, 5.41) is 0. The van der Waals surface area contributed by atoms with Gasteiger partial charge in [-0.3, -0.25) is 9.59 Å². The van der Waals surface area contributed by atoms with Crippen molar-refractivity contribution in [3.63, 3.8) is 0 Å². The molecule has 0 heterocycles. The van der Waals surface area contributed by atoms with Crippen molar-refractivity contribution in [3.05, 3.63) is 35.9 Å². The lowest BCUT2D eigenvalue weighted by molar-refractivity contribution is -0.156. The van der Waals surface area contributed by atoms with Crippen LogP contribution in [0.1, 0.15) is 19.4 Å². The maximum absolute atomic E-state index is 11.8. The predicted octanol–water partition coefficient (Wildman–Crippen LogP) is 1.17. The third-order valence-corrected chi connectivity index (χ3v) is 2.77. The largest absolute Gasteiger partial charge is 0.459 e. The monoisotopic (exact) mass is 263 g/mol. The Balaban J connectivity index is 2.53. The molecule has 5 heteroatoms. The molecular formula is C14H17NO4. The van der Waals surface area contributed by atoms with Crippen molar-refractivity contribution < 1.29 is 19.1 Å². The van der Waals surface area contributed by atoms with Crippen molar-refractivity contribution >= 4 is 17.7 Å². The third-order valence-electron chi connectivity index (χ3n) is 2.77. The Hall–Kier alpha value is -2.17. The molecular weight excluding hydrogens is 246 g/mol. The van der Waals surface area contributed by atoms with Crippen LogP contribution in [0.2, 0.25) is 0 Å². The number of Topliss-reactive ketones (excluding diaryl/α,β-unsaturated/α-hetero) is 1. The molecule has 0 aliphatic heterocycles. The Kier molecular flexibility index (Phi) is 5.23. The summed E-state index contributed by atoms with van der Waals surface area (Å²) in [5.41, 5.74) is 0.864. The highest BCUT2D eigenvalue weighted by molar-refractivity contribution is 6.35. The van der Waals surface area contributed by atoms with Crippen LogP contribution < -0.4 is 0 Å². The zero-order valence-electron chi connectivity index (χ0n) is 11.3. The molecule has 0 aliphatic carbocycles. The summed E-state index contributed by atoms with van der Waals surface area (Å²) in [7, 11) is 1.40. The van der Waals surface area contributed by atoms with Gasteiger partial charge in [0.1, 0.15) is 12.6 Å². The number of carbonyl (C=O) groups is 3. The molecule has 1 amide bonds. The lowest BCUT2D eigenvalue weighted by Gasteiger charge is -2.22. The fourth-order valence-corrected chi connectivity index (χ4v) is 1.43. The smallest absolute Gasteiger partial charge is 0.328 e. The van der Waals surface area contributed by atoms with Gasteiger partial charge in [-0.15, -0.1) is 0 Å². The highest BCUT2D eigenvalue weighted by Gasteiger charge is 2.25. The average Bonchev–Trinajstić information content (AvgIpc) is 2.43. The number of amides is 1. The molecule has 19 heavy (non-hydrogen) atoms. The zero-order valence-corrected chi connectivity index (χ0v) is 11.3. The van der Waals surface area contributed by atoms with Crippen LogP contribution in [-0.2, 0) is 25.7 Å². The summed E-state index contributed by atoms with van der Waals surface area (Å²) in [4.78, 5) is 35.2. The van der Waals surface area contributed by atoms with Crippen molar-refractivity contribution in [2.24, 2.45) is 0 Å². The van der Waals surface area contributed by atoms with Crippen molar-refractivity contribution in [1.29, 1.82) is 0 Å². The van der Waals surface area contributed by atoms with Gasteiger partial charge in [0.05, 0.1) is 0 Å². The molecule has 0 radical (unpaired) electrons. The Morgan fingerprint density at radius 2 is 1.79 bits per heavy atom. The first-order chi connectivity index (χ1) is 8.93. The quantitative estimate of drug-likeness (QED) is 0.591. The predicted molar refractivity (Wildman–Crippen MR) is 69.2 cm³/mol. The van der Waals surface area contributed by atoms with Crippen LogP contribution in [0.15, 0.2) is 30.3 Å². The van der Waals surface area contributed by atoms with E-state index in [1.54, 1.807) is 0 Å². The maximum atomic E-state index is 11.8. The van der Waals surface area contributed by atoms with Crippen molar-refractivity contribution in [2.45, 2.75) is 26.5 Å². The molecule has 0 spiro atoms.